The van der Waals surface area contributed by atoms with Crippen LogP contribution in [-0.2, 0) is 0 Å². The van der Waals surface area contributed by atoms with Gasteiger partial charge in [0.25, 0.3) is 5.69 Å². The molecule has 96 valence electrons. The number of hydrogen-bond donors (Lipinski definition) is 1. The van der Waals surface area contributed by atoms with E-state index in [4.69, 9.17) is 4.74 Å². The van der Waals surface area contributed by atoms with E-state index in [9.17, 15) is 10.1 Å². The van der Waals surface area contributed by atoms with Crippen molar-refractivity contribution in [2.75, 3.05) is 11.9 Å². The molecule has 1 aliphatic heterocycles. The van der Waals surface area contributed by atoms with Crippen LogP contribution >= 0.6 is 0 Å². The predicted octanol–water partition coefficient (Wildman–Crippen LogP) is 3.14. The highest BCUT2D eigenvalue weighted by Crippen LogP contribution is 2.36. The molecule has 0 saturated heterocycles. The number of nitro groups is 1. The summed E-state index contributed by atoms with van der Waals surface area (Å²) in [6.07, 6.45) is -0.0739. The predicted molar refractivity (Wildman–Crippen MR) is 71.4 cm³/mol. The Labute approximate surface area is 110 Å². The second-order valence-electron chi connectivity index (χ2n) is 4.34. The van der Waals surface area contributed by atoms with Gasteiger partial charge in [-0.25, -0.2) is 0 Å². The lowest BCUT2D eigenvalue weighted by Crippen LogP contribution is -2.23. The van der Waals surface area contributed by atoms with E-state index in [-0.39, 0.29) is 11.8 Å². The van der Waals surface area contributed by atoms with Crippen molar-refractivity contribution in [3.05, 3.63) is 64.2 Å². The molecule has 0 amide bonds. The third-order valence-electron chi connectivity index (χ3n) is 3.09. The molecule has 0 fully saturated rings. The molecule has 1 aliphatic rings. The fourth-order valence-electron chi connectivity index (χ4n) is 2.12. The molecule has 19 heavy (non-hydrogen) atoms. The lowest BCUT2D eigenvalue weighted by atomic mass is 10.1. The first-order valence-corrected chi connectivity index (χ1v) is 5.98. The van der Waals surface area contributed by atoms with Crippen LogP contribution in [0.4, 0.5) is 11.4 Å². The molecule has 5 heteroatoms. The summed E-state index contributed by atoms with van der Waals surface area (Å²) in [5, 5.41) is 13.9. The van der Waals surface area contributed by atoms with Crippen molar-refractivity contribution in [3.8, 4) is 5.75 Å². The Bertz CT molecular complexity index is 613. The van der Waals surface area contributed by atoms with E-state index in [1.54, 1.807) is 6.07 Å². The zero-order valence-electron chi connectivity index (χ0n) is 10.1. The Kier molecular flexibility index (Phi) is 2.79. The maximum Gasteiger partial charge on any atom is 0.271 e. The fraction of sp³-hybridized carbons (Fsp3) is 0.143. The normalized spacial score (nSPS) is 16.9. The van der Waals surface area contributed by atoms with E-state index in [1.165, 1.54) is 12.1 Å². The molecule has 0 radical (unpaired) electrons. The summed E-state index contributed by atoms with van der Waals surface area (Å²) in [4.78, 5) is 10.3. The summed E-state index contributed by atoms with van der Waals surface area (Å²) in [5.41, 5.74) is 1.81. The quantitative estimate of drug-likeness (QED) is 0.662. The summed E-state index contributed by atoms with van der Waals surface area (Å²) in [6.45, 7) is 0.595. The van der Waals surface area contributed by atoms with Gasteiger partial charge >= 0.3 is 0 Å². The van der Waals surface area contributed by atoms with Gasteiger partial charge < -0.3 is 10.1 Å². The number of rotatable bonds is 2. The van der Waals surface area contributed by atoms with E-state index in [1.807, 2.05) is 30.3 Å². The number of nitrogens with one attached hydrogen (secondary N) is 1. The topological polar surface area (TPSA) is 64.4 Å². The summed E-state index contributed by atoms with van der Waals surface area (Å²) < 4.78 is 5.87. The van der Waals surface area contributed by atoms with Crippen LogP contribution in [0.3, 0.4) is 0 Å². The highest BCUT2D eigenvalue weighted by atomic mass is 16.6. The van der Waals surface area contributed by atoms with Gasteiger partial charge in [-0.05, 0) is 11.6 Å². The highest BCUT2D eigenvalue weighted by Gasteiger charge is 2.22. The van der Waals surface area contributed by atoms with Crippen LogP contribution in [0.5, 0.6) is 5.75 Å². The summed E-state index contributed by atoms with van der Waals surface area (Å²) in [5.74, 6) is 0.644. The average Bonchev–Trinajstić information content (AvgIpc) is 2.47. The van der Waals surface area contributed by atoms with Gasteiger partial charge in [-0.15, -0.1) is 0 Å². The second-order valence-corrected chi connectivity index (χ2v) is 4.34. The van der Waals surface area contributed by atoms with Crippen LogP contribution < -0.4 is 10.1 Å². The van der Waals surface area contributed by atoms with E-state index in [2.05, 4.69) is 5.32 Å². The van der Waals surface area contributed by atoms with Gasteiger partial charge in [0.1, 0.15) is 11.9 Å². The zero-order chi connectivity index (χ0) is 13.2. The van der Waals surface area contributed by atoms with Crippen molar-refractivity contribution >= 4 is 11.4 Å². The number of fused-ring (bicyclic) bond motifs is 1. The Hall–Kier alpha value is -2.56. The number of anilines is 1. The van der Waals surface area contributed by atoms with Gasteiger partial charge in [0.15, 0.2) is 0 Å². The van der Waals surface area contributed by atoms with Crippen molar-refractivity contribution in [1.29, 1.82) is 0 Å². The highest BCUT2D eigenvalue weighted by molar-refractivity contribution is 5.63. The molecule has 0 aromatic heterocycles. The molecular formula is C14H12N2O3. The number of benzene rings is 2. The summed E-state index contributed by atoms with van der Waals surface area (Å²) in [7, 11) is 0. The van der Waals surface area contributed by atoms with E-state index in [0.29, 0.717) is 18.0 Å². The molecule has 0 bridgehead atoms. The minimum Gasteiger partial charge on any atom is -0.482 e. The SMILES string of the molecule is O=[N+]([O-])c1ccc2c(c1)NCC(c1ccccc1)O2. The number of non-ortho nitro benzene ring substituents is 1. The lowest BCUT2D eigenvalue weighted by Gasteiger charge is -2.27. The van der Waals surface area contributed by atoms with Gasteiger partial charge in [-0.2, -0.15) is 0 Å². The molecule has 5 nitrogen and oxygen atoms in total. The minimum absolute atomic E-state index is 0.0630. The molecule has 0 spiro atoms. The molecule has 3 rings (SSSR count). The van der Waals surface area contributed by atoms with Crippen LogP contribution in [0.25, 0.3) is 0 Å². The number of nitrogens with zero attached hydrogens (tertiary/aromatic N) is 1. The summed E-state index contributed by atoms with van der Waals surface area (Å²) in [6, 6.07) is 14.5. The van der Waals surface area contributed by atoms with Crippen molar-refractivity contribution in [2.45, 2.75) is 6.10 Å². The maximum absolute atomic E-state index is 10.7. The molecule has 2 aromatic carbocycles. The van der Waals surface area contributed by atoms with E-state index >= 15 is 0 Å². The molecular weight excluding hydrogens is 244 g/mol. The van der Waals surface area contributed by atoms with Gasteiger partial charge in [-0.1, -0.05) is 30.3 Å². The van der Waals surface area contributed by atoms with Crippen LogP contribution in [0, 0.1) is 10.1 Å². The van der Waals surface area contributed by atoms with E-state index < -0.39 is 4.92 Å². The third kappa shape index (κ3) is 2.22. The fourth-order valence-corrected chi connectivity index (χ4v) is 2.12. The third-order valence-corrected chi connectivity index (χ3v) is 3.09. The first-order valence-electron chi connectivity index (χ1n) is 5.98. The van der Waals surface area contributed by atoms with Gasteiger partial charge in [-0.3, -0.25) is 10.1 Å². The molecule has 1 heterocycles. The van der Waals surface area contributed by atoms with Crippen molar-refractivity contribution in [2.24, 2.45) is 0 Å². The van der Waals surface area contributed by atoms with Gasteiger partial charge in [0.2, 0.25) is 0 Å². The Balaban J connectivity index is 1.87. The number of nitro benzene ring substituents is 1. The average molecular weight is 256 g/mol. The second kappa shape index (κ2) is 4.61. The largest absolute Gasteiger partial charge is 0.482 e. The number of ether oxygens (including phenoxy) is 1. The standard InChI is InChI=1S/C14H12N2O3/c17-16(18)11-6-7-13-12(8-11)15-9-14(19-13)10-4-2-1-3-5-10/h1-8,14-15H,9H2. The lowest BCUT2D eigenvalue weighted by molar-refractivity contribution is -0.384. The molecule has 1 unspecified atom stereocenters. The minimum atomic E-state index is -0.411. The molecule has 2 aromatic rings. The Morgan fingerprint density at radius 3 is 2.74 bits per heavy atom. The van der Waals surface area contributed by atoms with Crippen LogP contribution in [0.15, 0.2) is 48.5 Å². The summed E-state index contributed by atoms with van der Waals surface area (Å²) >= 11 is 0. The van der Waals surface area contributed by atoms with Gasteiger partial charge in [0.05, 0.1) is 17.2 Å². The number of hydrogen-bond acceptors (Lipinski definition) is 4. The smallest absolute Gasteiger partial charge is 0.271 e. The Morgan fingerprint density at radius 1 is 1.21 bits per heavy atom. The molecule has 1 atom stereocenters. The Morgan fingerprint density at radius 2 is 2.00 bits per heavy atom. The van der Waals surface area contributed by atoms with Crippen molar-refractivity contribution in [1.82, 2.24) is 0 Å². The van der Waals surface area contributed by atoms with Crippen molar-refractivity contribution < 1.29 is 9.66 Å². The van der Waals surface area contributed by atoms with Gasteiger partial charge in [0, 0.05) is 12.1 Å². The molecule has 0 aliphatic carbocycles. The zero-order valence-corrected chi connectivity index (χ0v) is 10.1. The van der Waals surface area contributed by atoms with Crippen LogP contribution in [0.1, 0.15) is 11.7 Å². The van der Waals surface area contributed by atoms with E-state index in [0.717, 1.165) is 5.56 Å². The monoisotopic (exact) mass is 256 g/mol. The van der Waals surface area contributed by atoms with Crippen molar-refractivity contribution in [3.63, 3.8) is 0 Å². The van der Waals surface area contributed by atoms with Crippen LogP contribution in [-0.4, -0.2) is 11.5 Å². The molecule has 1 N–H and O–H groups in total. The first-order chi connectivity index (χ1) is 9.24. The molecule has 0 saturated carbocycles. The maximum atomic E-state index is 10.7. The first kappa shape index (κ1) is 11.5. The van der Waals surface area contributed by atoms with Crippen LogP contribution in [0.2, 0.25) is 0 Å².